The molecule has 3 N–H and O–H groups in total. The molecule has 0 spiro atoms. The van der Waals surface area contributed by atoms with E-state index in [1.54, 1.807) is 4.90 Å². The third-order valence-electron chi connectivity index (χ3n) is 7.11. The number of thiol groups is 1. The second-order valence-electron chi connectivity index (χ2n) is 10.5. The van der Waals surface area contributed by atoms with Crippen molar-refractivity contribution in [2.24, 2.45) is 11.8 Å². The lowest BCUT2D eigenvalue weighted by molar-refractivity contribution is -0.140. The number of carboxylic acids is 1. The first kappa shape index (κ1) is 31.8. The van der Waals surface area contributed by atoms with E-state index in [0.29, 0.717) is 24.7 Å². The third kappa shape index (κ3) is 9.14. The second kappa shape index (κ2) is 15.9. The zero-order valence-electron chi connectivity index (χ0n) is 23.9. The fraction of sp³-hybridized carbons (Fsp3) is 0.467. The minimum Gasteiger partial charge on any atom is -0.481 e. The van der Waals surface area contributed by atoms with E-state index in [9.17, 15) is 19.5 Å². The maximum Gasteiger partial charge on any atom is 0.303 e. The average molecular weight is 581 g/mol. The highest BCUT2D eigenvalue weighted by atomic mass is 32.1. The molecule has 1 aromatic heterocycles. The SMILES string of the molecule is CCCCCN(Cc1ccc(-c2ccccc2-c2nnn[nH]2)cc1)C(=O)[C@H](CCC(=O)O)NC(=O)C(CS)C(C)C. The van der Waals surface area contributed by atoms with E-state index in [-0.39, 0.29) is 36.5 Å². The second-order valence-corrected chi connectivity index (χ2v) is 10.9. The number of aliphatic carboxylic acids is 1. The van der Waals surface area contributed by atoms with Crippen LogP contribution < -0.4 is 5.32 Å². The van der Waals surface area contributed by atoms with Crippen LogP contribution in [0.15, 0.2) is 48.5 Å². The number of nitrogens with zero attached hydrogens (tertiary/aromatic N) is 4. The number of H-pyrrole nitrogens is 1. The minimum atomic E-state index is -1.01. The van der Waals surface area contributed by atoms with Gasteiger partial charge in [0.05, 0.1) is 0 Å². The summed E-state index contributed by atoms with van der Waals surface area (Å²) in [6.07, 6.45) is 2.56. The largest absolute Gasteiger partial charge is 0.481 e. The molecule has 1 unspecified atom stereocenters. The number of aromatic amines is 1. The molecular weight excluding hydrogens is 540 g/mol. The van der Waals surface area contributed by atoms with Crippen molar-refractivity contribution >= 4 is 30.4 Å². The van der Waals surface area contributed by atoms with Gasteiger partial charge in [-0.3, -0.25) is 14.4 Å². The molecule has 0 saturated heterocycles. The van der Waals surface area contributed by atoms with Gasteiger partial charge in [0.2, 0.25) is 11.8 Å². The van der Waals surface area contributed by atoms with E-state index in [2.05, 4.69) is 45.5 Å². The van der Waals surface area contributed by atoms with Gasteiger partial charge < -0.3 is 15.3 Å². The predicted molar refractivity (Wildman–Crippen MR) is 161 cm³/mol. The molecule has 3 rings (SSSR count). The summed E-state index contributed by atoms with van der Waals surface area (Å²) in [7, 11) is 0. The smallest absolute Gasteiger partial charge is 0.303 e. The standard InChI is InChI=1S/C30H40N6O4S/c1-4-5-8-17-36(30(40)26(15-16-27(37)38)31-29(39)25(19-41)20(2)3)18-21-11-13-22(14-12-21)23-9-6-7-10-24(23)28-32-34-35-33-28/h6-7,9-14,20,25-26,41H,4-5,8,15-19H2,1-3H3,(H,31,39)(H,37,38)(H,32,33,34,35)/t25?,26-/m0/s1. The molecule has 0 aliphatic heterocycles. The van der Waals surface area contributed by atoms with Crippen molar-refractivity contribution < 1.29 is 19.5 Å². The van der Waals surface area contributed by atoms with Crippen LogP contribution in [-0.4, -0.2) is 66.8 Å². The van der Waals surface area contributed by atoms with E-state index in [1.807, 2.05) is 62.4 Å². The van der Waals surface area contributed by atoms with Crippen molar-refractivity contribution in [1.29, 1.82) is 0 Å². The van der Waals surface area contributed by atoms with Crippen molar-refractivity contribution in [2.75, 3.05) is 12.3 Å². The Bertz CT molecular complexity index is 1270. The molecule has 2 amide bonds. The number of carboxylic acid groups (broad SMARTS) is 1. The first-order chi connectivity index (χ1) is 19.7. The van der Waals surface area contributed by atoms with Crippen molar-refractivity contribution in [3.05, 3.63) is 54.1 Å². The van der Waals surface area contributed by atoms with Crippen LogP contribution in [0.1, 0.15) is 58.4 Å². The van der Waals surface area contributed by atoms with Gasteiger partial charge in [-0.1, -0.05) is 82.1 Å². The Kier molecular flexibility index (Phi) is 12.3. The number of hydrogen-bond acceptors (Lipinski definition) is 7. The Morgan fingerprint density at radius 3 is 2.34 bits per heavy atom. The first-order valence-corrected chi connectivity index (χ1v) is 14.7. The molecule has 0 saturated carbocycles. The predicted octanol–water partition coefficient (Wildman–Crippen LogP) is 4.60. The summed E-state index contributed by atoms with van der Waals surface area (Å²) in [5.41, 5.74) is 3.74. The fourth-order valence-corrected chi connectivity index (χ4v) is 5.25. The van der Waals surface area contributed by atoms with Gasteiger partial charge in [-0.25, -0.2) is 5.10 Å². The Labute approximate surface area is 246 Å². The Morgan fingerprint density at radius 2 is 1.76 bits per heavy atom. The fourth-order valence-electron chi connectivity index (χ4n) is 4.67. The molecule has 0 aliphatic rings. The third-order valence-corrected chi connectivity index (χ3v) is 7.50. The van der Waals surface area contributed by atoms with Gasteiger partial charge in [-0.15, -0.1) is 5.10 Å². The highest BCUT2D eigenvalue weighted by Gasteiger charge is 2.30. The number of tetrazole rings is 1. The van der Waals surface area contributed by atoms with E-state index >= 15 is 0 Å². The van der Waals surface area contributed by atoms with Gasteiger partial charge in [0.15, 0.2) is 5.82 Å². The Balaban J connectivity index is 1.83. The molecule has 11 heteroatoms. The van der Waals surface area contributed by atoms with Crippen molar-refractivity contribution in [3.8, 4) is 22.5 Å². The lowest BCUT2D eigenvalue weighted by Gasteiger charge is -2.29. The highest BCUT2D eigenvalue weighted by molar-refractivity contribution is 7.80. The van der Waals surface area contributed by atoms with E-state index in [4.69, 9.17) is 0 Å². The van der Waals surface area contributed by atoms with Gasteiger partial charge in [0.1, 0.15) is 6.04 Å². The first-order valence-electron chi connectivity index (χ1n) is 14.1. The van der Waals surface area contributed by atoms with Crippen LogP contribution in [0.5, 0.6) is 0 Å². The summed E-state index contributed by atoms with van der Waals surface area (Å²) in [5.74, 6) is -0.999. The van der Waals surface area contributed by atoms with E-state index < -0.39 is 12.0 Å². The topological polar surface area (TPSA) is 141 Å². The van der Waals surface area contributed by atoms with Crippen LogP contribution in [0, 0.1) is 11.8 Å². The van der Waals surface area contributed by atoms with Gasteiger partial charge in [0.25, 0.3) is 0 Å². The zero-order chi connectivity index (χ0) is 29.8. The van der Waals surface area contributed by atoms with Gasteiger partial charge in [-0.05, 0) is 45.9 Å². The van der Waals surface area contributed by atoms with Crippen LogP contribution in [0.3, 0.4) is 0 Å². The number of nitrogens with one attached hydrogen (secondary N) is 2. The number of aromatic nitrogens is 4. The zero-order valence-corrected chi connectivity index (χ0v) is 24.8. The van der Waals surface area contributed by atoms with E-state index in [1.165, 1.54) is 0 Å². The van der Waals surface area contributed by atoms with Crippen LogP contribution >= 0.6 is 12.6 Å². The van der Waals surface area contributed by atoms with Crippen molar-refractivity contribution in [2.45, 2.75) is 65.5 Å². The van der Waals surface area contributed by atoms with Crippen molar-refractivity contribution in [3.63, 3.8) is 0 Å². The number of benzene rings is 2. The number of amides is 2. The molecule has 0 radical (unpaired) electrons. The molecule has 10 nitrogen and oxygen atoms in total. The van der Waals surface area contributed by atoms with Gasteiger partial charge in [0, 0.05) is 36.7 Å². The summed E-state index contributed by atoms with van der Waals surface area (Å²) in [6.45, 7) is 6.80. The lowest BCUT2D eigenvalue weighted by Crippen LogP contribution is -2.51. The minimum absolute atomic E-state index is 0.0216. The molecule has 2 aromatic carbocycles. The summed E-state index contributed by atoms with van der Waals surface area (Å²) >= 11 is 4.31. The number of hydrogen-bond donors (Lipinski definition) is 4. The summed E-state index contributed by atoms with van der Waals surface area (Å²) < 4.78 is 0. The lowest BCUT2D eigenvalue weighted by atomic mass is 9.96. The van der Waals surface area contributed by atoms with Crippen LogP contribution in [-0.2, 0) is 20.9 Å². The van der Waals surface area contributed by atoms with Crippen LogP contribution in [0.25, 0.3) is 22.5 Å². The molecule has 1 heterocycles. The molecule has 3 aromatic rings. The van der Waals surface area contributed by atoms with Gasteiger partial charge in [-0.2, -0.15) is 12.6 Å². The average Bonchev–Trinajstić information content (AvgIpc) is 3.50. The molecule has 41 heavy (non-hydrogen) atoms. The summed E-state index contributed by atoms with van der Waals surface area (Å²) in [4.78, 5) is 39.9. The molecule has 2 atom stereocenters. The monoisotopic (exact) mass is 580 g/mol. The van der Waals surface area contributed by atoms with Gasteiger partial charge >= 0.3 is 5.97 Å². The van der Waals surface area contributed by atoms with E-state index in [0.717, 1.165) is 41.5 Å². The number of carbonyl (C=O) groups is 3. The molecule has 0 aliphatic carbocycles. The summed E-state index contributed by atoms with van der Waals surface area (Å²) in [6, 6.07) is 14.8. The Hall–Kier alpha value is -3.73. The molecular formula is C30H40N6O4S. The maximum atomic E-state index is 13.8. The Morgan fingerprint density at radius 1 is 1.05 bits per heavy atom. The normalized spacial score (nSPS) is 12.6. The summed E-state index contributed by atoms with van der Waals surface area (Å²) in [5, 5.41) is 26.4. The van der Waals surface area contributed by atoms with Crippen LogP contribution in [0.2, 0.25) is 0 Å². The maximum absolute atomic E-state index is 13.8. The molecule has 0 bridgehead atoms. The van der Waals surface area contributed by atoms with Crippen LogP contribution in [0.4, 0.5) is 0 Å². The quantitative estimate of drug-likeness (QED) is 0.143. The number of unbranched alkanes of at least 4 members (excludes halogenated alkanes) is 2. The number of rotatable bonds is 16. The highest BCUT2D eigenvalue weighted by Crippen LogP contribution is 2.30. The van der Waals surface area contributed by atoms with Crippen molar-refractivity contribution in [1.82, 2.24) is 30.8 Å². The molecule has 220 valence electrons. The molecule has 0 fully saturated rings. The number of carbonyl (C=O) groups excluding carboxylic acids is 2.